The molecule has 3 nitrogen and oxygen atoms in total. The van der Waals surface area contributed by atoms with Crippen LogP contribution in [0.5, 0.6) is 0 Å². The van der Waals surface area contributed by atoms with Crippen LogP contribution in [-0.2, 0) is 4.79 Å². The normalized spacial score (nSPS) is 12.5. The fourth-order valence-electron chi connectivity index (χ4n) is 2.74. The standard InChI is InChI=1S/C17H35NO2/c1-2-3-4-5-6-7-9-12-16(15-17(19)20)13-10-8-11-14-18/h16H,2-15,18H2,1H3,(H,19,20). The molecule has 0 rings (SSSR count). The maximum Gasteiger partial charge on any atom is 0.303 e. The van der Waals surface area contributed by atoms with E-state index in [1.807, 2.05) is 0 Å². The quantitative estimate of drug-likeness (QED) is 0.427. The molecule has 3 N–H and O–H groups in total. The highest BCUT2D eigenvalue weighted by Gasteiger charge is 2.12. The monoisotopic (exact) mass is 285 g/mol. The summed E-state index contributed by atoms with van der Waals surface area (Å²) >= 11 is 0. The Morgan fingerprint density at radius 1 is 0.900 bits per heavy atom. The summed E-state index contributed by atoms with van der Waals surface area (Å²) < 4.78 is 0. The second kappa shape index (κ2) is 14.8. The average molecular weight is 285 g/mol. The van der Waals surface area contributed by atoms with E-state index >= 15 is 0 Å². The topological polar surface area (TPSA) is 63.3 Å². The number of carboxylic acid groups (broad SMARTS) is 1. The van der Waals surface area contributed by atoms with Crippen molar-refractivity contribution in [1.82, 2.24) is 0 Å². The molecule has 1 atom stereocenters. The van der Waals surface area contributed by atoms with Crippen LogP contribution in [0.4, 0.5) is 0 Å². The van der Waals surface area contributed by atoms with Gasteiger partial charge in [-0.25, -0.2) is 0 Å². The zero-order chi connectivity index (χ0) is 15.1. The Balaban J connectivity index is 3.61. The maximum absolute atomic E-state index is 10.9. The van der Waals surface area contributed by atoms with Gasteiger partial charge in [-0.15, -0.1) is 0 Å². The molecular formula is C17H35NO2. The lowest BCUT2D eigenvalue weighted by Gasteiger charge is -2.14. The molecule has 0 bridgehead atoms. The molecule has 0 amide bonds. The van der Waals surface area contributed by atoms with Gasteiger partial charge in [-0.05, 0) is 31.7 Å². The van der Waals surface area contributed by atoms with Crippen LogP contribution in [-0.4, -0.2) is 17.6 Å². The van der Waals surface area contributed by atoms with Gasteiger partial charge in [0, 0.05) is 6.42 Å². The predicted molar refractivity (Wildman–Crippen MR) is 85.9 cm³/mol. The number of hydrogen-bond donors (Lipinski definition) is 2. The molecule has 0 saturated heterocycles. The molecule has 0 fully saturated rings. The van der Waals surface area contributed by atoms with Gasteiger partial charge in [-0.2, -0.15) is 0 Å². The van der Waals surface area contributed by atoms with Crippen molar-refractivity contribution < 1.29 is 9.90 Å². The lowest BCUT2D eigenvalue weighted by molar-refractivity contribution is -0.138. The van der Waals surface area contributed by atoms with Gasteiger partial charge in [0.05, 0.1) is 0 Å². The van der Waals surface area contributed by atoms with Crippen LogP contribution in [0.1, 0.15) is 90.4 Å². The first-order chi connectivity index (χ1) is 9.70. The van der Waals surface area contributed by atoms with Crippen LogP contribution in [0.2, 0.25) is 0 Å². The number of hydrogen-bond acceptors (Lipinski definition) is 2. The fraction of sp³-hybridized carbons (Fsp3) is 0.941. The molecule has 120 valence electrons. The number of carbonyl (C=O) groups is 1. The third kappa shape index (κ3) is 13.9. The third-order valence-corrected chi connectivity index (χ3v) is 4.00. The highest BCUT2D eigenvalue weighted by atomic mass is 16.4. The summed E-state index contributed by atoms with van der Waals surface area (Å²) in [6, 6.07) is 0. The van der Waals surface area contributed by atoms with Crippen LogP contribution >= 0.6 is 0 Å². The molecule has 0 spiro atoms. The Morgan fingerprint density at radius 2 is 1.40 bits per heavy atom. The Labute approximate surface area is 125 Å². The molecule has 0 saturated carbocycles. The average Bonchev–Trinajstić information content (AvgIpc) is 2.41. The van der Waals surface area contributed by atoms with E-state index in [1.54, 1.807) is 0 Å². The van der Waals surface area contributed by atoms with E-state index in [0.29, 0.717) is 12.3 Å². The van der Waals surface area contributed by atoms with Crippen molar-refractivity contribution in [1.29, 1.82) is 0 Å². The molecule has 0 aliphatic carbocycles. The summed E-state index contributed by atoms with van der Waals surface area (Å²) in [7, 11) is 0. The van der Waals surface area contributed by atoms with E-state index in [2.05, 4.69) is 6.92 Å². The number of unbranched alkanes of at least 4 members (excludes halogenated alkanes) is 8. The summed E-state index contributed by atoms with van der Waals surface area (Å²) in [6.07, 6.45) is 14.9. The molecule has 0 heterocycles. The minimum absolute atomic E-state index is 0.346. The molecule has 0 aromatic carbocycles. The van der Waals surface area contributed by atoms with Crippen molar-refractivity contribution in [3.05, 3.63) is 0 Å². The molecule has 20 heavy (non-hydrogen) atoms. The number of carboxylic acids is 1. The van der Waals surface area contributed by atoms with Crippen molar-refractivity contribution in [2.24, 2.45) is 11.7 Å². The summed E-state index contributed by atoms with van der Waals surface area (Å²) in [4.78, 5) is 10.9. The molecule has 1 unspecified atom stereocenters. The van der Waals surface area contributed by atoms with E-state index in [-0.39, 0.29) is 0 Å². The summed E-state index contributed by atoms with van der Waals surface area (Å²) in [5.41, 5.74) is 5.48. The van der Waals surface area contributed by atoms with Crippen molar-refractivity contribution in [3.63, 3.8) is 0 Å². The van der Waals surface area contributed by atoms with E-state index < -0.39 is 5.97 Å². The van der Waals surface area contributed by atoms with Crippen molar-refractivity contribution in [3.8, 4) is 0 Å². The maximum atomic E-state index is 10.9. The first-order valence-corrected chi connectivity index (χ1v) is 8.62. The summed E-state index contributed by atoms with van der Waals surface area (Å²) in [5, 5.41) is 8.97. The van der Waals surface area contributed by atoms with Crippen molar-refractivity contribution in [2.45, 2.75) is 90.4 Å². The molecular weight excluding hydrogens is 250 g/mol. The second-order valence-electron chi connectivity index (χ2n) is 6.01. The Hall–Kier alpha value is -0.570. The van der Waals surface area contributed by atoms with Gasteiger partial charge in [0.25, 0.3) is 0 Å². The van der Waals surface area contributed by atoms with Crippen molar-refractivity contribution in [2.75, 3.05) is 6.54 Å². The van der Waals surface area contributed by atoms with Gasteiger partial charge in [-0.3, -0.25) is 4.79 Å². The summed E-state index contributed by atoms with van der Waals surface area (Å²) in [5.74, 6) is -0.266. The highest BCUT2D eigenvalue weighted by molar-refractivity contribution is 5.66. The zero-order valence-electron chi connectivity index (χ0n) is 13.4. The largest absolute Gasteiger partial charge is 0.481 e. The number of nitrogens with two attached hydrogens (primary N) is 1. The van der Waals surface area contributed by atoms with E-state index in [4.69, 9.17) is 10.8 Å². The van der Waals surface area contributed by atoms with Gasteiger partial charge >= 0.3 is 5.97 Å². The first-order valence-electron chi connectivity index (χ1n) is 8.62. The second-order valence-corrected chi connectivity index (χ2v) is 6.01. The summed E-state index contributed by atoms with van der Waals surface area (Å²) in [6.45, 7) is 2.99. The van der Waals surface area contributed by atoms with Gasteiger partial charge in [0.2, 0.25) is 0 Å². The van der Waals surface area contributed by atoms with Crippen LogP contribution < -0.4 is 5.73 Å². The Bertz CT molecular complexity index is 219. The minimum atomic E-state index is -0.642. The molecule has 0 radical (unpaired) electrons. The molecule has 0 aliphatic rings. The smallest absolute Gasteiger partial charge is 0.303 e. The van der Waals surface area contributed by atoms with E-state index in [0.717, 1.165) is 38.6 Å². The van der Waals surface area contributed by atoms with Crippen molar-refractivity contribution >= 4 is 5.97 Å². The van der Waals surface area contributed by atoms with Crippen LogP contribution in [0, 0.1) is 5.92 Å². The van der Waals surface area contributed by atoms with Crippen LogP contribution in [0.25, 0.3) is 0 Å². The fourth-order valence-corrected chi connectivity index (χ4v) is 2.74. The number of rotatable bonds is 15. The zero-order valence-corrected chi connectivity index (χ0v) is 13.4. The third-order valence-electron chi connectivity index (χ3n) is 4.00. The first kappa shape index (κ1) is 19.4. The van der Waals surface area contributed by atoms with E-state index in [1.165, 1.54) is 44.9 Å². The highest BCUT2D eigenvalue weighted by Crippen LogP contribution is 2.21. The lowest BCUT2D eigenvalue weighted by Crippen LogP contribution is -2.08. The van der Waals surface area contributed by atoms with Gasteiger partial charge in [0.15, 0.2) is 0 Å². The SMILES string of the molecule is CCCCCCCCCC(CCCCCN)CC(=O)O. The van der Waals surface area contributed by atoms with Crippen LogP contribution in [0.15, 0.2) is 0 Å². The Kier molecular flexibility index (Phi) is 14.4. The Morgan fingerprint density at radius 3 is 1.90 bits per heavy atom. The van der Waals surface area contributed by atoms with Gasteiger partial charge < -0.3 is 10.8 Å². The van der Waals surface area contributed by atoms with E-state index in [9.17, 15) is 4.79 Å². The lowest BCUT2D eigenvalue weighted by atomic mass is 9.92. The van der Waals surface area contributed by atoms with Gasteiger partial charge in [0.1, 0.15) is 0 Å². The van der Waals surface area contributed by atoms with Crippen LogP contribution in [0.3, 0.4) is 0 Å². The molecule has 0 aromatic rings. The minimum Gasteiger partial charge on any atom is -0.481 e. The van der Waals surface area contributed by atoms with Gasteiger partial charge in [-0.1, -0.05) is 64.7 Å². The predicted octanol–water partition coefficient (Wildman–Crippen LogP) is 4.74. The molecule has 0 aromatic heterocycles. The number of aliphatic carboxylic acids is 1. The molecule has 0 aliphatic heterocycles. The molecule has 3 heteroatoms.